The van der Waals surface area contributed by atoms with Gasteiger partial charge >= 0.3 is 0 Å². The van der Waals surface area contributed by atoms with E-state index < -0.39 is 0 Å². The summed E-state index contributed by atoms with van der Waals surface area (Å²) in [6, 6.07) is 8.36. The van der Waals surface area contributed by atoms with Gasteiger partial charge in [-0.2, -0.15) is 5.48 Å². The maximum Gasteiger partial charge on any atom is 0.0705 e. The van der Waals surface area contributed by atoms with E-state index >= 15 is 0 Å². The van der Waals surface area contributed by atoms with Crippen molar-refractivity contribution in [3.8, 4) is 0 Å². The van der Waals surface area contributed by atoms with E-state index in [1.54, 1.807) is 0 Å². The Morgan fingerprint density at radius 1 is 1.24 bits per heavy atom. The third-order valence-electron chi connectivity index (χ3n) is 2.50. The highest BCUT2D eigenvalue weighted by atomic mass is 16.6. The van der Waals surface area contributed by atoms with Gasteiger partial charge in [-0.3, -0.25) is 4.98 Å². The number of rotatable bonds is 5. The Kier molecular flexibility index (Phi) is 4.07. The molecular formula is C14H18N2O. The minimum Gasteiger partial charge on any atom is -0.301 e. The van der Waals surface area contributed by atoms with Crippen LogP contribution in [-0.4, -0.2) is 11.6 Å². The number of nitrogens with one attached hydrogen (secondary N) is 1. The third-order valence-corrected chi connectivity index (χ3v) is 2.50. The van der Waals surface area contributed by atoms with Crippen LogP contribution >= 0.6 is 0 Å². The van der Waals surface area contributed by atoms with Crippen LogP contribution in [0, 0.1) is 5.92 Å². The lowest BCUT2D eigenvalue weighted by atomic mass is 10.1. The molecule has 0 unspecified atom stereocenters. The first kappa shape index (κ1) is 12.0. The Morgan fingerprint density at radius 3 is 2.94 bits per heavy atom. The highest BCUT2D eigenvalue weighted by Crippen LogP contribution is 2.14. The molecule has 0 aliphatic heterocycles. The zero-order valence-electron chi connectivity index (χ0n) is 10.3. The van der Waals surface area contributed by atoms with Crippen LogP contribution in [0.1, 0.15) is 19.4 Å². The molecule has 0 atom stereocenters. The van der Waals surface area contributed by atoms with Crippen LogP contribution in [0.3, 0.4) is 0 Å². The Labute approximate surface area is 102 Å². The minimum atomic E-state index is 0.546. The van der Waals surface area contributed by atoms with Gasteiger partial charge in [0.25, 0.3) is 0 Å². The summed E-state index contributed by atoms with van der Waals surface area (Å²) in [6.45, 7) is 5.72. The van der Waals surface area contributed by atoms with Crippen molar-refractivity contribution in [1.82, 2.24) is 10.5 Å². The van der Waals surface area contributed by atoms with E-state index in [4.69, 9.17) is 4.84 Å². The number of fused-ring (bicyclic) bond motifs is 1. The largest absolute Gasteiger partial charge is 0.301 e. The van der Waals surface area contributed by atoms with Crippen molar-refractivity contribution in [2.24, 2.45) is 5.92 Å². The zero-order chi connectivity index (χ0) is 12.1. The summed E-state index contributed by atoms with van der Waals surface area (Å²) in [5.74, 6) is 0.546. The number of benzene rings is 1. The lowest BCUT2D eigenvalue weighted by molar-refractivity contribution is 0.0197. The third kappa shape index (κ3) is 3.51. The van der Waals surface area contributed by atoms with Crippen LogP contribution in [0.15, 0.2) is 36.7 Å². The van der Waals surface area contributed by atoms with Crippen molar-refractivity contribution < 1.29 is 4.84 Å². The zero-order valence-corrected chi connectivity index (χ0v) is 10.3. The summed E-state index contributed by atoms with van der Waals surface area (Å²) in [7, 11) is 0. The number of hydrogen-bond acceptors (Lipinski definition) is 3. The second-order valence-corrected chi connectivity index (χ2v) is 4.58. The fourth-order valence-corrected chi connectivity index (χ4v) is 1.60. The molecule has 17 heavy (non-hydrogen) atoms. The van der Waals surface area contributed by atoms with Gasteiger partial charge in [-0.1, -0.05) is 26.0 Å². The highest BCUT2D eigenvalue weighted by Gasteiger charge is 1.97. The van der Waals surface area contributed by atoms with Gasteiger partial charge in [0.2, 0.25) is 0 Å². The molecule has 2 rings (SSSR count). The normalized spacial score (nSPS) is 11.2. The van der Waals surface area contributed by atoms with E-state index in [9.17, 15) is 0 Å². The molecule has 0 aliphatic rings. The molecule has 3 heteroatoms. The lowest BCUT2D eigenvalue weighted by Crippen LogP contribution is -2.17. The number of hydroxylamine groups is 1. The average molecular weight is 230 g/mol. The maximum absolute atomic E-state index is 5.35. The molecule has 2 aromatic rings. The summed E-state index contributed by atoms with van der Waals surface area (Å²) in [5.41, 5.74) is 4.20. The van der Waals surface area contributed by atoms with E-state index in [0.29, 0.717) is 5.92 Å². The monoisotopic (exact) mass is 230 g/mol. The molecule has 3 nitrogen and oxygen atoms in total. The van der Waals surface area contributed by atoms with Crippen molar-refractivity contribution in [2.45, 2.75) is 20.4 Å². The summed E-state index contributed by atoms with van der Waals surface area (Å²) >= 11 is 0. The van der Waals surface area contributed by atoms with Crippen molar-refractivity contribution in [3.63, 3.8) is 0 Å². The second-order valence-electron chi connectivity index (χ2n) is 4.58. The van der Waals surface area contributed by atoms with Crippen molar-refractivity contribution >= 4 is 10.8 Å². The van der Waals surface area contributed by atoms with Gasteiger partial charge in [-0.15, -0.1) is 0 Å². The lowest BCUT2D eigenvalue weighted by Gasteiger charge is -2.08. The quantitative estimate of drug-likeness (QED) is 0.633. The molecular weight excluding hydrogens is 212 g/mol. The van der Waals surface area contributed by atoms with Crippen molar-refractivity contribution in [3.05, 3.63) is 42.2 Å². The molecule has 0 fully saturated rings. The first-order valence-electron chi connectivity index (χ1n) is 5.93. The predicted octanol–water partition coefficient (Wildman–Crippen LogP) is 2.91. The first-order chi connectivity index (χ1) is 8.25. The average Bonchev–Trinajstić information content (AvgIpc) is 2.34. The van der Waals surface area contributed by atoms with E-state index in [-0.39, 0.29) is 0 Å². The van der Waals surface area contributed by atoms with Crippen LogP contribution in [0.4, 0.5) is 0 Å². The van der Waals surface area contributed by atoms with Gasteiger partial charge in [-0.25, -0.2) is 0 Å². The van der Waals surface area contributed by atoms with Crippen molar-refractivity contribution in [1.29, 1.82) is 0 Å². The van der Waals surface area contributed by atoms with Gasteiger partial charge in [0, 0.05) is 24.3 Å². The Morgan fingerprint density at radius 2 is 2.12 bits per heavy atom. The Balaban J connectivity index is 1.95. The Bertz CT molecular complexity index is 482. The molecule has 1 heterocycles. The standard InChI is InChI=1S/C14H18N2O/c1-11(2)10-17-16-8-12-3-4-14-9-15-6-5-13(14)7-12/h3-7,9,11,16H,8,10H2,1-2H3. The van der Waals surface area contributed by atoms with E-state index in [0.717, 1.165) is 13.2 Å². The molecule has 0 amide bonds. The van der Waals surface area contributed by atoms with Gasteiger partial charge in [0.15, 0.2) is 0 Å². The van der Waals surface area contributed by atoms with Gasteiger partial charge < -0.3 is 4.84 Å². The summed E-state index contributed by atoms with van der Waals surface area (Å²) < 4.78 is 0. The van der Waals surface area contributed by atoms with Crippen LogP contribution in [-0.2, 0) is 11.4 Å². The summed E-state index contributed by atoms with van der Waals surface area (Å²) in [4.78, 5) is 9.45. The number of nitrogens with zero attached hydrogens (tertiary/aromatic N) is 1. The summed E-state index contributed by atoms with van der Waals surface area (Å²) in [5, 5.41) is 2.38. The molecule has 0 radical (unpaired) electrons. The molecule has 0 saturated carbocycles. The highest BCUT2D eigenvalue weighted by molar-refractivity contribution is 5.81. The second kappa shape index (κ2) is 5.75. The van der Waals surface area contributed by atoms with Gasteiger partial charge in [0.1, 0.15) is 0 Å². The first-order valence-corrected chi connectivity index (χ1v) is 5.93. The fourth-order valence-electron chi connectivity index (χ4n) is 1.60. The number of hydrogen-bond donors (Lipinski definition) is 1. The number of aromatic nitrogens is 1. The maximum atomic E-state index is 5.35. The molecule has 0 bridgehead atoms. The molecule has 0 spiro atoms. The number of pyridine rings is 1. The fraction of sp³-hybridized carbons (Fsp3) is 0.357. The van der Waals surface area contributed by atoms with E-state index in [1.807, 2.05) is 18.5 Å². The summed E-state index contributed by atoms with van der Waals surface area (Å²) in [6.07, 6.45) is 3.69. The molecule has 90 valence electrons. The van der Waals surface area contributed by atoms with Crippen LogP contribution in [0.5, 0.6) is 0 Å². The topological polar surface area (TPSA) is 34.1 Å². The van der Waals surface area contributed by atoms with E-state index in [1.165, 1.54) is 16.3 Å². The van der Waals surface area contributed by atoms with E-state index in [2.05, 4.69) is 42.5 Å². The van der Waals surface area contributed by atoms with Crippen LogP contribution in [0.2, 0.25) is 0 Å². The van der Waals surface area contributed by atoms with Gasteiger partial charge in [-0.05, 0) is 29.0 Å². The molecule has 1 N–H and O–H groups in total. The van der Waals surface area contributed by atoms with Gasteiger partial charge in [0.05, 0.1) is 6.61 Å². The molecule has 1 aromatic carbocycles. The molecule has 0 saturated heterocycles. The van der Waals surface area contributed by atoms with Crippen LogP contribution < -0.4 is 5.48 Å². The van der Waals surface area contributed by atoms with Crippen LogP contribution in [0.25, 0.3) is 10.8 Å². The molecule has 1 aromatic heterocycles. The minimum absolute atomic E-state index is 0.546. The molecule has 0 aliphatic carbocycles. The van der Waals surface area contributed by atoms with Crippen molar-refractivity contribution in [2.75, 3.05) is 6.61 Å². The predicted molar refractivity (Wildman–Crippen MR) is 69.4 cm³/mol. The smallest absolute Gasteiger partial charge is 0.0705 e. The Hall–Kier alpha value is -1.45. The SMILES string of the molecule is CC(C)CONCc1ccc2cnccc2c1.